The number of nitrogens with one attached hydrogen (secondary N) is 1. The molecule has 0 unspecified atom stereocenters. The molecule has 1 rings (SSSR count). The van der Waals surface area contributed by atoms with Crippen LogP contribution in [0.3, 0.4) is 0 Å². The van der Waals surface area contributed by atoms with E-state index >= 15 is 0 Å². The highest BCUT2D eigenvalue weighted by molar-refractivity contribution is 7.86. The van der Waals surface area contributed by atoms with Crippen LogP contribution in [0.2, 0.25) is 0 Å². The Morgan fingerprint density at radius 3 is 2.31 bits per heavy atom. The first-order valence-electron chi connectivity index (χ1n) is 4.98. The van der Waals surface area contributed by atoms with Crippen LogP contribution in [0.5, 0.6) is 0 Å². The summed E-state index contributed by atoms with van der Waals surface area (Å²) in [7, 11) is -2.01. The van der Waals surface area contributed by atoms with Gasteiger partial charge in [0.15, 0.2) is 0 Å². The second-order valence-electron chi connectivity index (χ2n) is 4.79. The number of carbonyl (C=O) groups excluding carboxylic acids is 1. The fourth-order valence-corrected chi connectivity index (χ4v) is 2.25. The summed E-state index contributed by atoms with van der Waals surface area (Å²) in [5, 5.41) is 2.83. The molecule has 0 aromatic rings. The minimum Gasteiger partial charge on any atom is -0.388 e. The van der Waals surface area contributed by atoms with Crippen molar-refractivity contribution in [1.82, 2.24) is 5.32 Å². The number of allylic oxidation sites excluding steroid dienone is 2. The topological polar surface area (TPSA) is 72.5 Å². The summed E-state index contributed by atoms with van der Waals surface area (Å²) in [5.74, 6) is -0.338. The first kappa shape index (κ1) is 13.0. The third-order valence-corrected chi connectivity index (χ3v) is 2.83. The Bertz CT molecular complexity index is 434. The van der Waals surface area contributed by atoms with E-state index in [-0.39, 0.29) is 17.0 Å². The van der Waals surface area contributed by atoms with Crippen molar-refractivity contribution < 1.29 is 17.4 Å². The molecule has 0 aromatic carbocycles. The van der Waals surface area contributed by atoms with E-state index in [4.69, 9.17) is 4.18 Å². The number of carbonyl (C=O) groups is 1. The van der Waals surface area contributed by atoms with Crippen molar-refractivity contribution in [2.75, 3.05) is 13.3 Å². The minimum absolute atomic E-state index is 0.0654. The summed E-state index contributed by atoms with van der Waals surface area (Å²) in [5.41, 5.74) is 0.381. The molecule has 0 saturated carbocycles. The van der Waals surface area contributed by atoms with Gasteiger partial charge in [-0.1, -0.05) is 13.8 Å². The largest absolute Gasteiger partial charge is 0.388 e. The van der Waals surface area contributed by atoms with E-state index in [1.54, 1.807) is 7.05 Å². The van der Waals surface area contributed by atoms with Gasteiger partial charge in [-0.25, -0.2) is 0 Å². The number of rotatable bonds is 3. The highest BCUT2D eigenvalue weighted by atomic mass is 32.2. The normalized spacial score (nSPS) is 20.9. The summed E-state index contributed by atoms with van der Waals surface area (Å²) >= 11 is 0. The standard InChI is InChI=1S/C10H17NO4S/c1-10(2)5-7(11-3)9(8(12)6-10)15-16(4,13)14/h11H,5-6H2,1-4H3. The Morgan fingerprint density at radius 2 is 1.88 bits per heavy atom. The molecule has 0 bridgehead atoms. The summed E-state index contributed by atoms with van der Waals surface area (Å²) in [6, 6.07) is 0. The molecular weight excluding hydrogens is 230 g/mol. The zero-order chi connectivity index (χ0) is 12.6. The molecule has 0 saturated heterocycles. The molecule has 5 nitrogen and oxygen atoms in total. The average Bonchev–Trinajstić information content (AvgIpc) is 2.06. The summed E-state index contributed by atoms with van der Waals surface area (Å²) in [6.07, 6.45) is 1.82. The van der Waals surface area contributed by atoms with E-state index in [9.17, 15) is 13.2 Å². The molecule has 92 valence electrons. The number of hydrogen-bond donors (Lipinski definition) is 1. The molecule has 0 spiro atoms. The van der Waals surface area contributed by atoms with Crippen LogP contribution in [-0.4, -0.2) is 27.5 Å². The van der Waals surface area contributed by atoms with Crippen molar-refractivity contribution in [3.05, 3.63) is 11.5 Å². The van der Waals surface area contributed by atoms with Crippen molar-refractivity contribution in [3.63, 3.8) is 0 Å². The lowest BCUT2D eigenvalue weighted by Crippen LogP contribution is -2.31. The molecule has 0 aromatic heterocycles. The van der Waals surface area contributed by atoms with Gasteiger partial charge in [0.05, 0.1) is 12.0 Å². The summed E-state index contributed by atoms with van der Waals surface area (Å²) < 4.78 is 26.8. The fraction of sp³-hybridized carbons (Fsp3) is 0.700. The van der Waals surface area contributed by atoms with Crippen molar-refractivity contribution in [2.24, 2.45) is 5.41 Å². The van der Waals surface area contributed by atoms with Gasteiger partial charge in [0, 0.05) is 13.5 Å². The van der Waals surface area contributed by atoms with E-state index in [1.165, 1.54) is 0 Å². The van der Waals surface area contributed by atoms with Crippen LogP contribution in [0.1, 0.15) is 26.7 Å². The first-order chi connectivity index (χ1) is 7.14. The predicted molar refractivity (Wildman–Crippen MR) is 60.0 cm³/mol. The van der Waals surface area contributed by atoms with Crippen LogP contribution >= 0.6 is 0 Å². The molecule has 0 radical (unpaired) electrons. The van der Waals surface area contributed by atoms with Crippen LogP contribution in [0.15, 0.2) is 11.5 Å². The van der Waals surface area contributed by atoms with Crippen LogP contribution < -0.4 is 5.32 Å². The lowest BCUT2D eigenvalue weighted by Gasteiger charge is -2.30. The molecule has 0 heterocycles. The smallest absolute Gasteiger partial charge is 0.306 e. The maximum absolute atomic E-state index is 11.8. The van der Waals surface area contributed by atoms with E-state index in [0.717, 1.165) is 6.26 Å². The van der Waals surface area contributed by atoms with E-state index in [1.807, 2.05) is 13.8 Å². The Hall–Kier alpha value is -1.04. The summed E-state index contributed by atoms with van der Waals surface area (Å²) in [6.45, 7) is 3.92. The van der Waals surface area contributed by atoms with Gasteiger partial charge >= 0.3 is 10.1 Å². The molecular formula is C10H17NO4S. The van der Waals surface area contributed by atoms with Crippen LogP contribution in [-0.2, 0) is 19.1 Å². The number of hydrogen-bond acceptors (Lipinski definition) is 5. The molecule has 1 aliphatic carbocycles. The maximum atomic E-state index is 11.8. The molecule has 1 aliphatic rings. The van der Waals surface area contributed by atoms with Gasteiger partial charge in [-0.3, -0.25) is 4.79 Å². The van der Waals surface area contributed by atoms with E-state index in [2.05, 4.69) is 5.32 Å². The highest BCUT2D eigenvalue weighted by Gasteiger charge is 2.35. The molecule has 1 N–H and O–H groups in total. The Balaban J connectivity index is 3.11. The predicted octanol–water partition coefficient (Wildman–Crippen LogP) is 0.783. The Labute approximate surface area is 96.0 Å². The van der Waals surface area contributed by atoms with Gasteiger partial charge in [0.2, 0.25) is 11.5 Å². The van der Waals surface area contributed by atoms with E-state index < -0.39 is 10.1 Å². The van der Waals surface area contributed by atoms with Gasteiger partial charge in [-0.05, 0) is 11.8 Å². The SMILES string of the molecule is CNC1=C(OS(C)(=O)=O)C(=O)CC(C)(C)C1. The second kappa shape index (κ2) is 4.08. The zero-order valence-electron chi connectivity index (χ0n) is 9.96. The van der Waals surface area contributed by atoms with Crippen molar-refractivity contribution in [1.29, 1.82) is 0 Å². The fourth-order valence-electron chi connectivity index (χ4n) is 1.75. The second-order valence-corrected chi connectivity index (χ2v) is 6.36. The third-order valence-electron chi connectivity index (χ3n) is 2.36. The van der Waals surface area contributed by atoms with Gasteiger partial charge in [0.25, 0.3) is 0 Å². The molecule has 0 atom stereocenters. The number of ketones is 1. The molecule has 0 aliphatic heterocycles. The van der Waals surface area contributed by atoms with Gasteiger partial charge in [-0.15, -0.1) is 0 Å². The minimum atomic E-state index is -3.66. The van der Waals surface area contributed by atoms with Crippen LogP contribution in [0.4, 0.5) is 0 Å². The van der Waals surface area contributed by atoms with Crippen LogP contribution in [0, 0.1) is 5.41 Å². The quantitative estimate of drug-likeness (QED) is 0.746. The lowest BCUT2D eigenvalue weighted by atomic mass is 9.78. The Morgan fingerprint density at radius 1 is 1.31 bits per heavy atom. The molecule has 6 heteroatoms. The summed E-state index contributed by atoms with van der Waals surface area (Å²) in [4.78, 5) is 11.8. The maximum Gasteiger partial charge on any atom is 0.306 e. The van der Waals surface area contributed by atoms with Gasteiger partial charge in [-0.2, -0.15) is 8.42 Å². The van der Waals surface area contributed by atoms with Crippen molar-refractivity contribution in [2.45, 2.75) is 26.7 Å². The van der Waals surface area contributed by atoms with Crippen LogP contribution in [0.25, 0.3) is 0 Å². The zero-order valence-corrected chi connectivity index (χ0v) is 10.8. The van der Waals surface area contributed by atoms with Gasteiger partial charge < -0.3 is 9.50 Å². The average molecular weight is 247 g/mol. The monoisotopic (exact) mass is 247 g/mol. The third kappa shape index (κ3) is 3.23. The lowest BCUT2D eigenvalue weighted by molar-refractivity contribution is -0.120. The van der Waals surface area contributed by atoms with Crippen molar-refractivity contribution in [3.8, 4) is 0 Å². The molecule has 0 fully saturated rings. The number of Topliss-reactive ketones (excluding diaryl/α,β-unsaturated/α-hetero) is 1. The molecule has 16 heavy (non-hydrogen) atoms. The molecule has 0 amide bonds. The van der Waals surface area contributed by atoms with Crippen molar-refractivity contribution >= 4 is 15.9 Å². The highest BCUT2D eigenvalue weighted by Crippen LogP contribution is 2.36. The first-order valence-corrected chi connectivity index (χ1v) is 6.80. The van der Waals surface area contributed by atoms with E-state index in [0.29, 0.717) is 18.5 Å². The Kier molecular flexibility index (Phi) is 3.33. The van der Waals surface area contributed by atoms with Gasteiger partial charge in [0.1, 0.15) is 0 Å².